The first-order chi connectivity index (χ1) is 16.5. The molecule has 0 radical (unpaired) electrons. The molecule has 2 bridgehead atoms. The highest BCUT2D eigenvalue weighted by Gasteiger charge is 2.60. The van der Waals surface area contributed by atoms with Crippen LogP contribution in [0.1, 0.15) is 56.7 Å². The Morgan fingerprint density at radius 1 is 1.17 bits per heavy atom. The quantitative estimate of drug-likeness (QED) is 0.269. The fraction of sp³-hybridized carbons (Fsp3) is 0.500. The van der Waals surface area contributed by atoms with Crippen LogP contribution in [0.15, 0.2) is 57.7 Å². The highest BCUT2D eigenvalue weighted by Crippen LogP contribution is 2.62. The molecule has 2 aliphatic rings. The molecule has 3 N–H and O–H groups in total. The molecular formula is C28H36ClN5O. The minimum absolute atomic E-state index is 0.0219. The third-order valence-corrected chi connectivity index (χ3v) is 8.50. The number of carbonyl (C=O) groups is 1. The lowest BCUT2D eigenvalue weighted by molar-refractivity contribution is -0.123. The molecule has 35 heavy (non-hydrogen) atoms. The molecule has 2 saturated carbocycles. The predicted octanol–water partition coefficient (Wildman–Crippen LogP) is 6.30. The number of hydrogen-bond acceptors (Lipinski definition) is 4. The molecule has 0 aliphatic heterocycles. The molecule has 2 fully saturated rings. The van der Waals surface area contributed by atoms with E-state index in [1.165, 1.54) is 6.42 Å². The summed E-state index contributed by atoms with van der Waals surface area (Å²) in [4.78, 5) is 18.1. The van der Waals surface area contributed by atoms with Crippen molar-refractivity contribution < 1.29 is 4.79 Å². The van der Waals surface area contributed by atoms with E-state index in [9.17, 15) is 4.79 Å². The molecule has 0 aromatic heterocycles. The monoisotopic (exact) mass is 493 g/mol. The average Bonchev–Trinajstić information content (AvgIpc) is 3.30. The van der Waals surface area contributed by atoms with Crippen LogP contribution in [-0.4, -0.2) is 23.8 Å². The van der Waals surface area contributed by atoms with E-state index in [1.54, 1.807) is 0 Å². The van der Waals surface area contributed by atoms with E-state index in [4.69, 9.17) is 17.3 Å². The second kappa shape index (κ2) is 9.73. The molecular weight excluding hydrogens is 458 g/mol. The predicted molar refractivity (Wildman–Crippen MR) is 142 cm³/mol. The Morgan fingerprint density at radius 3 is 2.51 bits per heavy atom. The van der Waals surface area contributed by atoms with Gasteiger partial charge in [-0.1, -0.05) is 62.2 Å². The second-order valence-corrected chi connectivity index (χ2v) is 11.5. The number of nitrogens with zero attached hydrogens (tertiary/aromatic N) is 3. The van der Waals surface area contributed by atoms with E-state index in [2.05, 4.69) is 41.3 Å². The topological polar surface area (TPSA) is 92.2 Å². The number of nitrogens with two attached hydrogens (primary N) is 1. The third kappa shape index (κ3) is 5.27. The van der Waals surface area contributed by atoms with Crippen molar-refractivity contribution in [2.75, 3.05) is 0 Å². The van der Waals surface area contributed by atoms with Gasteiger partial charge in [-0.2, -0.15) is 10.2 Å². The minimum Gasteiger partial charge on any atom is -0.385 e. The van der Waals surface area contributed by atoms with Crippen LogP contribution in [0, 0.1) is 30.6 Å². The van der Waals surface area contributed by atoms with Gasteiger partial charge in [0.05, 0.1) is 12.2 Å². The molecule has 4 rings (SSSR count). The molecule has 0 heterocycles. The second-order valence-electron chi connectivity index (χ2n) is 11.1. The van der Waals surface area contributed by atoms with Crippen molar-refractivity contribution in [1.29, 1.82) is 0 Å². The molecule has 2 aromatic rings. The smallest absolute Gasteiger partial charge is 0.254 e. The molecule has 1 amide bonds. The fourth-order valence-corrected chi connectivity index (χ4v) is 6.06. The molecule has 186 valence electrons. The van der Waals surface area contributed by atoms with Gasteiger partial charge >= 0.3 is 0 Å². The number of hydrogen-bond donors (Lipinski definition) is 2. The van der Waals surface area contributed by atoms with Crippen molar-refractivity contribution in [1.82, 2.24) is 5.32 Å². The van der Waals surface area contributed by atoms with Gasteiger partial charge in [-0.15, -0.1) is 0 Å². The van der Waals surface area contributed by atoms with Gasteiger partial charge in [-0.25, -0.2) is 0 Å². The van der Waals surface area contributed by atoms with Crippen molar-refractivity contribution in [2.24, 2.45) is 37.7 Å². The van der Waals surface area contributed by atoms with E-state index in [0.29, 0.717) is 23.2 Å². The van der Waals surface area contributed by atoms with Gasteiger partial charge in [-0.05, 0) is 79.2 Å². The normalized spacial score (nSPS) is 26.3. The zero-order valence-corrected chi connectivity index (χ0v) is 22.1. The number of halogens is 1. The number of fused-ring (bicyclic) bond motifs is 2. The maximum absolute atomic E-state index is 13.6. The van der Waals surface area contributed by atoms with Gasteiger partial charge in [0.2, 0.25) is 6.04 Å². The number of aryl methyl sites for hydroxylation is 2. The maximum Gasteiger partial charge on any atom is 0.254 e. The van der Waals surface area contributed by atoms with Crippen LogP contribution in [-0.2, 0) is 11.3 Å². The zero-order valence-electron chi connectivity index (χ0n) is 21.3. The maximum atomic E-state index is 13.6. The number of carbonyl (C=O) groups excluding carboxylic acids is 1. The van der Waals surface area contributed by atoms with Gasteiger partial charge < -0.3 is 11.1 Å². The molecule has 2 aliphatic carbocycles. The Morgan fingerprint density at radius 2 is 1.89 bits per heavy atom. The number of benzene rings is 2. The summed E-state index contributed by atoms with van der Waals surface area (Å²) < 4.78 is 0. The highest BCUT2D eigenvalue weighted by atomic mass is 35.5. The molecule has 0 spiro atoms. The van der Waals surface area contributed by atoms with Crippen LogP contribution in [0.3, 0.4) is 0 Å². The van der Waals surface area contributed by atoms with E-state index in [0.717, 1.165) is 29.5 Å². The lowest BCUT2D eigenvalue weighted by atomic mass is 9.68. The summed E-state index contributed by atoms with van der Waals surface area (Å²) in [6.45, 7) is 11.1. The standard InChI is InChI=1S/C28H36ClN5O/c1-17-6-9-21(10-7-17)33-34-23(24(30)31-16-19-8-11-22(29)18(2)14-19)25(35)32-26-27(3,4)20-12-13-28(26,5)15-20/h6-11,14,20,23,26H,12-13,15-16H2,1-5H3,(H2,30,31)(H,32,35). The van der Waals surface area contributed by atoms with E-state index >= 15 is 0 Å². The van der Waals surface area contributed by atoms with Crippen LogP contribution < -0.4 is 11.1 Å². The Kier molecular flexibility index (Phi) is 7.05. The van der Waals surface area contributed by atoms with Crippen LogP contribution in [0.5, 0.6) is 0 Å². The number of rotatable bonds is 7. The summed E-state index contributed by atoms with van der Waals surface area (Å²) in [5.74, 6) is 0.517. The summed E-state index contributed by atoms with van der Waals surface area (Å²) in [5, 5.41) is 12.7. The molecule has 4 atom stereocenters. The van der Waals surface area contributed by atoms with Crippen LogP contribution in [0.4, 0.5) is 5.69 Å². The van der Waals surface area contributed by atoms with E-state index in [-0.39, 0.29) is 28.6 Å². The largest absolute Gasteiger partial charge is 0.385 e. The summed E-state index contributed by atoms with van der Waals surface area (Å²) in [6.07, 6.45) is 3.48. The number of aliphatic imine (C=N–C) groups is 1. The van der Waals surface area contributed by atoms with Crippen LogP contribution in [0.2, 0.25) is 5.02 Å². The SMILES string of the molecule is Cc1ccc(N=NC(C(=O)NC2C3(C)CCC(C3)C2(C)C)C(N)=NCc2ccc(Cl)c(C)c2)cc1. The van der Waals surface area contributed by atoms with Crippen molar-refractivity contribution in [3.05, 3.63) is 64.2 Å². The van der Waals surface area contributed by atoms with Gasteiger partial charge in [-0.3, -0.25) is 9.79 Å². The molecule has 7 heteroatoms. The Hall–Kier alpha value is -2.73. The van der Waals surface area contributed by atoms with Gasteiger partial charge in [0, 0.05) is 11.1 Å². The Balaban J connectivity index is 1.58. The lowest BCUT2D eigenvalue weighted by Crippen LogP contribution is -2.56. The zero-order chi connectivity index (χ0) is 25.4. The van der Waals surface area contributed by atoms with Crippen molar-refractivity contribution >= 4 is 29.0 Å². The highest BCUT2D eigenvalue weighted by molar-refractivity contribution is 6.31. The van der Waals surface area contributed by atoms with Crippen LogP contribution >= 0.6 is 11.6 Å². The van der Waals surface area contributed by atoms with Crippen molar-refractivity contribution in [2.45, 2.75) is 72.5 Å². The van der Waals surface area contributed by atoms with Gasteiger partial charge in [0.25, 0.3) is 5.91 Å². The fourth-order valence-electron chi connectivity index (χ4n) is 5.94. The van der Waals surface area contributed by atoms with E-state index < -0.39 is 6.04 Å². The molecule has 6 nitrogen and oxygen atoms in total. The van der Waals surface area contributed by atoms with Gasteiger partial charge in [0.1, 0.15) is 5.84 Å². The Labute approximate surface area is 213 Å². The Bertz CT molecular complexity index is 1150. The minimum atomic E-state index is -0.997. The number of nitrogens with one attached hydrogen (secondary N) is 1. The van der Waals surface area contributed by atoms with Crippen LogP contribution in [0.25, 0.3) is 0 Å². The first-order valence-electron chi connectivity index (χ1n) is 12.3. The number of amidine groups is 1. The summed E-state index contributed by atoms with van der Waals surface area (Å²) in [7, 11) is 0. The summed E-state index contributed by atoms with van der Waals surface area (Å²) >= 11 is 6.15. The average molecular weight is 494 g/mol. The first kappa shape index (κ1) is 25.4. The number of amides is 1. The first-order valence-corrected chi connectivity index (χ1v) is 12.7. The van der Waals surface area contributed by atoms with Crippen molar-refractivity contribution in [3.8, 4) is 0 Å². The van der Waals surface area contributed by atoms with Gasteiger partial charge in [0.15, 0.2) is 0 Å². The molecule has 4 unspecified atom stereocenters. The summed E-state index contributed by atoms with van der Waals surface area (Å²) in [5.41, 5.74) is 10.2. The summed E-state index contributed by atoms with van der Waals surface area (Å²) in [6, 6.07) is 12.5. The third-order valence-electron chi connectivity index (χ3n) is 8.07. The lowest BCUT2D eigenvalue weighted by Gasteiger charge is -2.43. The number of azo groups is 1. The molecule has 2 aromatic carbocycles. The molecule has 0 saturated heterocycles. The van der Waals surface area contributed by atoms with Crippen molar-refractivity contribution in [3.63, 3.8) is 0 Å². The van der Waals surface area contributed by atoms with E-state index in [1.807, 2.05) is 56.3 Å².